The van der Waals surface area contributed by atoms with Gasteiger partial charge in [-0.15, -0.1) is 0 Å². The summed E-state index contributed by atoms with van der Waals surface area (Å²) in [6, 6.07) is 0. The van der Waals surface area contributed by atoms with Gasteiger partial charge in [-0.05, 0) is 5.92 Å². The van der Waals surface area contributed by atoms with Crippen molar-refractivity contribution in [3.63, 3.8) is 0 Å². The van der Waals surface area contributed by atoms with Gasteiger partial charge in [-0.2, -0.15) is 0 Å². The van der Waals surface area contributed by atoms with Crippen molar-refractivity contribution in [1.82, 2.24) is 5.32 Å². The molecule has 0 aromatic heterocycles. The van der Waals surface area contributed by atoms with E-state index in [1.54, 1.807) is 0 Å². The van der Waals surface area contributed by atoms with Gasteiger partial charge in [0.1, 0.15) is 6.61 Å². The van der Waals surface area contributed by atoms with Gasteiger partial charge in [0.25, 0.3) is 0 Å². The molecule has 1 N–H and O–H groups in total. The van der Waals surface area contributed by atoms with E-state index >= 15 is 0 Å². The van der Waals surface area contributed by atoms with Crippen LogP contribution in [0.1, 0.15) is 20.3 Å². The lowest BCUT2D eigenvalue weighted by molar-refractivity contribution is -0.121. The summed E-state index contributed by atoms with van der Waals surface area (Å²) in [6.45, 7) is 8.46. The Morgan fingerprint density at radius 1 is 1.67 bits per heavy atom. The zero-order valence-electron chi connectivity index (χ0n) is 7.80. The van der Waals surface area contributed by atoms with E-state index in [0.29, 0.717) is 25.5 Å². The first-order valence-corrected chi connectivity index (χ1v) is 4.16. The van der Waals surface area contributed by atoms with Crippen LogP contribution in [0.2, 0.25) is 0 Å². The Morgan fingerprint density at radius 3 is 2.83 bits per heavy atom. The Hall–Kier alpha value is -0.990. The monoisotopic (exact) mass is 171 g/mol. The average molecular weight is 171 g/mol. The molecule has 0 aromatic carbocycles. The summed E-state index contributed by atoms with van der Waals surface area (Å²) >= 11 is 0. The number of nitrogens with one attached hydrogen (secondary N) is 1. The summed E-state index contributed by atoms with van der Waals surface area (Å²) in [5.41, 5.74) is 0. The number of carbonyl (C=O) groups is 1. The van der Waals surface area contributed by atoms with Crippen molar-refractivity contribution >= 4 is 5.91 Å². The molecule has 3 heteroatoms. The van der Waals surface area contributed by atoms with Crippen LogP contribution in [-0.4, -0.2) is 19.1 Å². The van der Waals surface area contributed by atoms with Gasteiger partial charge in [0.15, 0.2) is 0 Å². The summed E-state index contributed by atoms with van der Waals surface area (Å²) < 4.78 is 4.84. The molecule has 1 amide bonds. The molecule has 0 aromatic rings. The highest BCUT2D eigenvalue weighted by molar-refractivity contribution is 5.75. The molecule has 0 heterocycles. The van der Waals surface area contributed by atoms with Crippen molar-refractivity contribution in [3.8, 4) is 0 Å². The van der Waals surface area contributed by atoms with Gasteiger partial charge in [-0.3, -0.25) is 4.79 Å². The summed E-state index contributed by atoms with van der Waals surface area (Å²) in [7, 11) is 0. The molecule has 0 spiro atoms. The van der Waals surface area contributed by atoms with Crippen LogP contribution < -0.4 is 5.32 Å². The maximum Gasteiger partial charge on any atom is 0.220 e. The van der Waals surface area contributed by atoms with Crippen molar-refractivity contribution in [1.29, 1.82) is 0 Å². The molecule has 0 fully saturated rings. The number of hydrogen-bond acceptors (Lipinski definition) is 2. The Bertz CT molecular complexity index is 143. The van der Waals surface area contributed by atoms with Crippen LogP contribution in [0.3, 0.4) is 0 Å². The van der Waals surface area contributed by atoms with Crippen molar-refractivity contribution < 1.29 is 9.53 Å². The fraction of sp³-hybridized carbons (Fsp3) is 0.667. The van der Waals surface area contributed by atoms with E-state index in [1.807, 2.05) is 13.8 Å². The van der Waals surface area contributed by atoms with Gasteiger partial charge >= 0.3 is 0 Å². The highest BCUT2D eigenvalue weighted by Gasteiger charge is 2.02. The minimum atomic E-state index is 0.0812. The second-order valence-corrected chi connectivity index (χ2v) is 2.99. The van der Waals surface area contributed by atoms with Crippen molar-refractivity contribution in [2.45, 2.75) is 20.3 Å². The molecular formula is C9H17NO2. The highest BCUT2D eigenvalue weighted by atomic mass is 16.5. The Morgan fingerprint density at radius 2 is 2.33 bits per heavy atom. The van der Waals surface area contributed by atoms with Gasteiger partial charge in [0.05, 0.1) is 12.8 Å². The maximum atomic E-state index is 11.0. The molecule has 0 bridgehead atoms. The summed E-state index contributed by atoms with van der Waals surface area (Å²) in [5, 5.41) is 2.74. The van der Waals surface area contributed by atoms with Gasteiger partial charge < -0.3 is 10.1 Å². The standard InChI is InChI=1S/C9H17NO2/c1-4-12-6-5-10-9(11)7-8(2)3/h4,8H,1,5-7H2,2-3H3,(H,10,11). The van der Waals surface area contributed by atoms with Crippen LogP contribution in [0.4, 0.5) is 0 Å². The fourth-order valence-electron chi connectivity index (χ4n) is 0.776. The number of ether oxygens (including phenoxy) is 1. The van der Waals surface area contributed by atoms with Gasteiger partial charge in [0.2, 0.25) is 5.91 Å². The summed E-state index contributed by atoms with van der Waals surface area (Å²) in [4.78, 5) is 11.0. The van der Waals surface area contributed by atoms with Crippen LogP contribution in [0.25, 0.3) is 0 Å². The van der Waals surface area contributed by atoms with Gasteiger partial charge in [0, 0.05) is 6.42 Å². The third-order valence-corrected chi connectivity index (χ3v) is 1.25. The quantitative estimate of drug-likeness (QED) is 0.483. The van der Waals surface area contributed by atoms with E-state index in [2.05, 4.69) is 11.9 Å². The van der Waals surface area contributed by atoms with Gasteiger partial charge in [-0.25, -0.2) is 0 Å². The summed E-state index contributed by atoms with van der Waals surface area (Å²) in [5.74, 6) is 0.489. The first-order valence-electron chi connectivity index (χ1n) is 4.16. The van der Waals surface area contributed by atoms with E-state index in [0.717, 1.165) is 0 Å². The molecule has 0 aliphatic heterocycles. The first-order chi connectivity index (χ1) is 5.66. The molecule has 0 aliphatic rings. The largest absolute Gasteiger partial charge is 0.500 e. The number of rotatable bonds is 6. The smallest absolute Gasteiger partial charge is 0.220 e. The molecule has 0 saturated heterocycles. The number of carbonyl (C=O) groups excluding carboxylic acids is 1. The van der Waals surface area contributed by atoms with Crippen LogP contribution in [0.5, 0.6) is 0 Å². The minimum Gasteiger partial charge on any atom is -0.500 e. The molecule has 0 atom stereocenters. The van der Waals surface area contributed by atoms with Crippen LogP contribution >= 0.6 is 0 Å². The van der Waals surface area contributed by atoms with Gasteiger partial charge in [-0.1, -0.05) is 20.4 Å². The van der Waals surface area contributed by atoms with E-state index < -0.39 is 0 Å². The predicted octanol–water partition coefficient (Wildman–Crippen LogP) is 1.31. The predicted molar refractivity (Wildman–Crippen MR) is 48.6 cm³/mol. The lowest BCUT2D eigenvalue weighted by Gasteiger charge is -2.06. The third-order valence-electron chi connectivity index (χ3n) is 1.25. The molecular weight excluding hydrogens is 154 g/mol. The highest BCUT2D eigenvalue weighted by Crippen LogP contribution is 1.97. The molecule has 0 radical (unpaired) electrons. The topological polar surface area (TPSA) is 38.3 Å². The average Bonchev–Trinajstić information content (AvgIpc) is 1.97. The fourth-order valence-corrected chi connectivity index (χ4v) is 0.776. The molecule has 3 nitrogen and oxygen atoms in total. The first kappa shape index (κ1) is 11.0. The second-order valence-electron chi connectivity index (χ2n) is 2.99. The number of amides is 1. The van der Waals surface area contributed by atoms with Crippen LogP contribution in [0.15, 0.2) is 12.8 Å². The van der Waals surface area contributed by atoms with E-state index in [1.165, 1.54) is 6.26 Å². The van der Waals surface area contributed by atoms with Crippen molar-refractivity contribution in [2.75, 3.05) is 13.2 Å². The third kappa shape index (κ3) is 7.12. The van der Waals surface area contributed by atoms with Crippen molar-refractivity contribution in [2.24, 2.45) is 5.92 Å². The normalized spacial score (nSPS) is 9.58. The Kier molecular flexibility index (Phi) is 6.15. The van der Waals surface area contributed by atoms with E-state index in [4.69, 9.17) is 4.74 Å². The molecule has 0 unspecified atom stereocenters. The van der Waals surface area contributed by atoms with Crippen LogP contribution in [0, 0.1) is 5.92 Å². The number of hydrogen-bond donors (Lipinski definition) is 1. The molecule has 0 aliphatic carbocycles. The molecule has 0 saturated carbocycles. The summed E-state index contributed by atoms with van der Waals surface area (Å²) in [6.07, 6.45) is 1.95. The Labute approximate surface area is 73.8 Å². The van der Waals surface area contributed by atoms with E-state index in [9.17, 15) is 4.79 Å². The van der Waals surface area contributed by atoms with Crippen LogP contribution in [-0.2, 0) is 9.53 Å². The SMILES string of the molecule is C=COCCNC(=O)CC(C)C. The zero-order chi connectivity index (χ0) is 9.40. The van der Waals surface area contributed by atoms with E-state index in [-0.39, 0.29) is 5.91 Å². The zero-order valence-corrected chi connectivity index (χ0v) is 7.80. The lowest BCUT2D eigenvalue weighted by Crippen LogP contribution is -2.27. The van der Waals surface area contributed by atoms with Crippen molar-refractivity contribution in [3.05, 3.63) is 12.8 Å². The molecule has 70 valence electrons. The molecule has 12 heavy (non-hydrogen) atoms. The second kappa shape index (κ2) is 6.70. The maximum absolute atomic E-state index is 11.0. The lowest BCUT2D eigenvalue weighted by atomic mass is 10.1. The Balaban J connectivity index is 3.25. The minimum absolute atomic E-state index is 0.0812. The molecule has 0 rings (SSSR count).